The van der Waals surface area contributed by atoms with Crippen molar-refractivity contribution in [1.82, 2.24) is 5.32 Å². The fourth-order valence-corrected chi connectivity index (χ4v) is 1.62. The molecule has 21 heavy (non-hydrogen) atoms. The third-order valence-corrected chi connectivity index (χ3v) is 2.96. The zero-order chi connectivity index (χ0) is 16.4. The number of benzene rings is 1. The van der Waals surface area contributed by atoms with E-state index in [1.807, 2.05) is 0 Å². The van der Waals surface area contributed by atoms with Gasteiger partial charge >= 0.3 is 5.97 Å². The molecule has 0 aliphatic rings. The van der Waals surface area contributed by atoms with Crippen LogP contribution in [0.5, 0.6) is 0 Å². The molecule has 8 heteroatoms. The lowest BCUT2D eigenvalue weighted by Gasteiger charge is -2.19. The number of aliphatic carboxylic acids is 1. The normalized spacial score (nSPS) is 11.0. The Morgan fingerprint density at radius 2 is 2.00 bits per heavy atom. The van der Waals surface area contributed by atoms with E-state index in [9.17, 15) is 24.1 Å². The van der Waals surface area contributed by atoms with E-state index < -0.39 is 39.3 Å². The van der Waals surface area contributed by atoms with E-state index in [2.05, 4.69) is 5.32 Å². The van der Waals surface area contributed by atoms with Crippen LogP contribution in [0.15, 0.2) is 12.1 Å². The summed E-state index contributed by atoms with van der Waals surface area (Å²) >= 11 is 0. The van der Waals surface area contributed by atoms with Gasteiger partial charge in [-0.2, -0.15) is 0 Å². The van der Waals surface area contributed by atoms with Crippen molar-refractivity contribution in [2.24, 2.45) is 5.41 Å². The lowest BCUT2D eigenvalue weighted by atomic mass is 9.93. The fourth-order valence-electron chi connectivity index (χ4n) is 1.62. The molecular formula is C13H15FN2O5. The van der Waals surface area contributed by atoms with E-state index in [4.69, 9.17) is 5.11 Å². The maximum Gasteiger partial charge on any atom is 0.310 e. The minimum absolute atomic E-state index is 0.0163. The number of halogens is 1. The molecule has 0 spiro atoms. The molecule has 1 rings (SSSR count). The van der Waals surface area contributed by atoms with Crippen LogP contribution in [0.3, 0.4) is 0 Å². The lowest BCUT2D eigenvalue weighted by molar-refractivity contribution is -0.385. The molecule has 0 fully saturated rings. The van der Waals surface area contributed by atoms with Gasteiger partial charge < -0.3 is 10.4 Å². The molecule has 1 amide bonds. The van der Waals surface area contributed by atoms with Crippen molar-refractivity contribution in [2.45, 2.75) is 20.8 Å². The van der Waals surface area contributed by atoms with Crippen LogP contribution >= 0.6 is 0 Å². The quantitative estimate of drug-likeness (QED) is 0.637. The largest absolute Gasteiger partial charge is 0.481 e. The zero-order valence-electron chi connectivity index (χ0n) is 11.8. The van der Waals surface area contributed by atoms with E-state index in [0.29, 0.717) is 0 Å². The number of hydrogen-bond acceptors (Lipinski definition) is 4. The van der Waals surface area contributed by atoms with Crippen LogP contribution in [-0.2, 0) is 4.79 Å². The number of carbonyl (C=O) groups excluding carboxylic acids is 1. The second-order valence-corrected chi connectivity index (χ2v) is 5.25. The van der Waals surface area contributed by atoms with Crippen LogP contribution < -0.4 is 5.32 Å². The zero-order valence-corrected chi connectivity index (χ0v) is 11.8. The Kier molecular flexibility index (Phi) is 4.62. The molecule has 2 N–H and O–H groups in total. The molecule has 0 atom stereocenters. The number of nitrogens with one attached hydrogen (secondary N) is 1. The number of carboxylic acid groups (broad SMARTS) is 1. The van der Waals surface area contributed by atoms with Gasteiger partial charge in [0, 0.05) is 12.1 Å². The smallest absolute Gasteiger partial charge is 0.310 e. The average Bonchev–Trinajstić information content (AvgIpc) is 2.34. The summed E-state index contributed by atoms with van der Waals surface area (Å²) in [6, 6.07) is 1.71. The fraction of sp³-hybridized carbons (Fsp3) is 0.385. The van der Waals surface area contributed by atoms with Crippen LogP contribution in [0.2, 0.25) is 0 Å². The van der Waals surface area contributed by atoms with E-state index in [-0.39, 0.29) is 12.1 Å². The molecule has 1 aromatic carbocycles. The van der Waals surface area contributed by atoms with Crippen molar-refractivity contribution in [2.75, 3.05) is 6.54 Å². The first-order valence-electron chi connectivity index (χ1n) is 6.02. The molecule has 0 heterocycles. The molecule has 0 unspecified atom stereocenters. The Balaban J connectivity index is 3.08. The summed E-state index contributed by atoms with van der Waals surface area (Å²) in [4.78, 5) is 33.1. The highest BCUT2D eigenvalue weighted by Gasteiger charge is 2.30. The Hall–Kier alpha value is -2.51. The van der Waals surface area contributed by atoms with Gasteiger partial charge in [-0.25, -0.2) is 4.39 Å². The molecule has 0 aliphatic heterocycles. The van der Waals surface area contributed by atoms with Crippen molar-refractivity contribution in [1.29, 1.82) is 0 Å². The number of aryl methyl sites for hydroxylation is 1. The number of amides is 1. The Morgan fingerprint density at radius 1 is 1.43 bits per heavy atom. The van der Waals surface area contributed by atoms with Crippen LogP contribution in [0, 0.1) is 28.3 Å². The summed E-state index contributed by atoms with van der Waals surface area (Å²) in [5.74, 6) is -2.80. The number of nitro groups is 1. The van der Waals surface area contributed by atoms with Gasteiger partial charge in [-0.1, -0.05) is 0 Å². The number of carboxylic acids is 1. The highest BCUT2D eigenvalue weighted by Crippen LogP contribution is 2.25. The first kappa shape index (κ1) is 16.5. The third-order valence-electron chi connectivity index (χ3n) is 2.96. The molecule has 0 radical (unpaired) electrons. The molecule has 7 nitrogen and oxygen atoms in total. The SMILES string of the molecule is Cc1cc(F)cc(C(=O)NCC(C)(C)C(=O)O)c1[N+](=O)[O-]. The molecule has 114 valence electrons. The summed E-state index contributed by atoms with van der Waals surface area (Å²) in [7, 11) is 0. The number of nitrogens with zero attached hydrogens (tertiary/aromatic N) is 1. The Bertz CT molecular complexity index is 613. The molecule has 0 bridgehead atoms. The minimum Gasteiger partial charge on any atom is -0.481 e. The predicted octanol–water partition coefficient (Wildman–Crippen LogP) is 1.88. The van der Waals surface area contributed by atoms with Crippen molar-refractivity contribution < 1.29 is 24.0 Å². The summed E-state index contributed by atoms with van der Waals surface area (Å²) < 4.78 is 13.3. The van der Waals surface area contributed by atoms with Crippen LogP contribution in [0.1, 0.15) is 29.8 Å². The minimum atomic E-state index is -1.24. The Labute approximate surface area is 119 Å². The molecule has 0 saturated carbocycles. The maximum absolute atomic E-state index is 13.3. The van der Waals surface area contributed by atoms with E-state index in [0.717, 1.165) is 12.1 Å². The summed E-state index contributed by atoms with van der Waals surface area (Å²) in [5, 5.41) is 22.2. The van der Waals surface area contributed by atoms with Gasteiger partial charge in [-0.05, 0) is 32.9 Å². The van der Waals surface area contributed by atoms with Crippen LogP contribution in [0.25, 0.3) is 0 Å². The highest BCUT2D eigenvalue weighted by molar-refractivity contribution is 5.99. The predicted molar refractivity (Wildman–Crippen MR) is 71.5 cm³/mol. The number of hydrogen-bond donors (Lipinski definition) is 2. The third kappa shape index (κ3) is 3.74. The number of carbonyl (C=O) groups is 2. The van der Waals surface area contributed by atoms with Crippen molar-refractivity contribution in [3.63, 3.8) is 0 Å². The van der Waals surface area contributed by atoms with Crippen molar-refractivity contribution >= 4 is 17.6 Å². The second kappa shape index (κ2) is 5.86. The number of nitro benzene ring substituents is 1. The van der Waals surface area contributed by atoms with Gasteiger partial charge in [0.05, 0.1) is 10.3 Å². The average molecular weight is 298 g/mol. The standard InChI is InChI=1S/C13H15FN2O5/c1-7-4-8(14)5-9(10(7)16(20)21)11(17)15-6-13(2,3)12(18)19/h4-5H,6H2,1-3H3,(H,15,17)(H,18,19). The van der Waals surface area contributed by atoms with Crippen molar-refractivity contribution in [3.05, 3.63) is 39.2 Å². The summed E-state index contributed by atoms with van der Waals surface area (Å²) in [6.07, 6.45) is 0. The van der Waals surface area contributed by atoms with Gasteiger partial charge in [0.25, 0.3) is 11.6 Å². The van der Waals surface area contributed by atoms with E-state index in [1.165, 1.54) is 20.8 Å². The molecule has 0 aliphatic carbocycles. The molecular weight excluding hydrogens is 283 g/mol. The van der Waals surface area contributed by atoms with Crippen LogP contribution in [-0.4, -0.2) is 28.5 Å². The monoisotopic (exact) mass is 298 g/mol. The van der Waals surface area contributed by atoms with Crippen molar-refractivity contribution in [3.8, 4) is 0 Å². The van der Waals surface area contributed by atoms with Crippen LogP contribution in [0.4, 0.5) is 10.1 Å². The summed E-state index contributed by atoms with van der Waals surface area (Å²) in [6.45, 7) is 3.86. The Morgan fingerprint density at radius 3 is 2.48 bits per heavy atom. The maximum atomic E-state index is 13.3. The number of rotatable bonds is 5. The first-order chi connectivity index (χ1) is 9.56. The second-order valence-electron chi connectivity index (χ2n) is 5.25. The first-order valence-corrected chi connectivity index (χ1v) is 6.02. The van der Waals surface area contributed by atoms with Gasteiger partial charge in [-0.3, -0.25) is 19.7 Å². The summed E-state index contributed by atoms with van der Waals surface area (Å²) in [5.41, 5.74) is -2.16. The van der Waals surface area contributed by atoms with Gasteiger partial charge in [-0.15, -0.1) is 0 Å². The van der Waals surface area contributed by atoms with E-state index in [1.54, 1.807) is 0 Å². The molecule has 0 saturated heterocycles. The molecule has 1 aromatic rings. The van der Waals surface area contributed by atoms with E-state index >= 15 is 0 Å². The van der Waals surface area contributed by atoms with Gasteiger partial charge in [0.15, 0.2) is 0 Å². The topological polar surface area (TPSA) is 110 Å². The molecule has 0 aromatic heterocycles. The van der Waals surface area contributed by atoms with Gasteiger partial charge in [0.1, 0.15) is 11.4 Å². The van der Waals surface area contributed by atoms with Gasteiger partial charge in [0.2, 0.25) is 0 Å². The lowest BCUT2D eigenvalue weighted by Crippen LogP contribution is -2.39. The highest BCUT2D eigenvalue weighted by atomic mass is 19.1.